The number of esters is 1. The summed E-state index contributed by atoms with van der Waals surface area (Å²) in [5.74, 6) is -1.81. The molecule has 0 saturated carbocycles. The second kappa shape index (κ2) is 10.2. The number of benzene rings is 2. The van der Waals surface area contributed by atoms with Gasteiger partial charge in [0.25, 0.3) is 5.91 Å². The van der Waals surface area contributed by atoms with Crippen molar-refractivity contribution in [1.29, 1.82) is 0 Å². The summed E-state index contributed by atoms with van der Waals surface area (Å²) >= 11 is 0. The topological polar surface area (TPSA) is 89.2 Å². The van der Waals surface area contributed by atoms with E-state index >= 15 is 0 Å². The highest BCUT2D eigenvalue weighted by Gasteiger charge is 2.31. The van der Waals surface area contributed by atoms with Gasteiger partial charge in [0.2, 0.25) is 0 Å². The summed E-state index contributed by atoms with van der Waals surface area (Å²) in [5.41, 5.74) is -0.918. The van der Waals surface area contributed by atoms with Gasteiger partial charge in [0.1, 0.15) is 11.3 Å². The van der Waals surface area contributed by atoms with Crippen LogP contribution in [-0.2, 0) is 15.7 Å². The molecule has 0 saturated heterocycles. The highest BCUT2D eigenvalue weighted by atomic mass is 19.4. The lowest BCUT2D eigenvalue weighted by Gasteiger charge is -2.19. The summed E-state index contributed by atoms with van der Waals surface area (Å²) in [4.78, 5) is 36.8. The molecule has 1 heterocycles. The van der Waals surface area contributed by atoms with E-state index in [2.05, 4.69) is 5.10 Å². The Kier molecular flexibility index (Phi) is 7.30. The van der Waals surface area contributed by atoms with E-state index in [0.717, 1.165) is 29.3 Å². The van der Waals surface area contributed by atoms with Gasteiger partial charge in [-0.15, -0.1) is 0 Å². The van der Waals surface area contributed by atoms with Crippen molar-refractivity contribution < 1.29 is 31.9 Å². The highest BCUT2D eigenvalue weighted by Crippen LogP contribution is 2.31. The number of hydrogen-bond donors (Lipinski definition) is 0. The van der Waals surface area contributed by atoms with E-state index in [1.807, 2.05) is 0 Å². The Morgan fingerprint density at radius 3 is 2.41 bits per heavy atom. The molecule has 2 aromatic carbocycles. The highest BCUT2D eigenvalue weighted by molar-refractivity contribution is 5.98. The molecule has 10 heteroatoms. The van der Waals surface area contributed by atoms with E-state index < -0.39 is 35.8 Å². The quantitative estimate of drug-likeness (QED) is 0.299. The van der Waals surface area contributed by atoms with Crippen molar-refractivity contribution in [2.75, 3.05) is 11.6 Å². The Morgan fingerprint density at radius 1 is 1.06 bits per heavy atom. The molecule has 1 amide bonds. The van der Waals surface area contributed by atoms with Crippen LogP contribution in [0, 0.1) is 13.8 Å². The van der Waals surface area contributed by atoms with Crippen molar-refractivity contribution in [3.63, 3.8) is 0 Å². The fourth-order valence-corrected chi connectivity index (χ4v) is 3.08. The van der Waals surface area contributed by atoms with E-state index in [9.17, 15) is 27.6 Å². The first kappa shape index (κ1) is 24.4. The van der Waals surface area contributed by atoms with Crippen molar-refractivity contribution in [1.82, 2.24) is 0 Å². The normalized spacial score (nSPS) is 11.4. The van der Waals surface area contributed by atoms with Gasteiger partial charge in [-0.2, -0.15) is 23.3 Å². The van der Waals surface area contributed by atoms with Crippen LogP contribution in [0.5, 0.6) is 0 Å². The van der Waals surface area contributed by atoms with Crippen LogP contribution in [0.2, 0.25) is 0 Å². The molecule has 3 rings (SSSR count). The number of rotatable bonds is 6. The summed E-state index contributed by atoms with van der Waals surface area (Å²) < 4.78 is 49.5. The van der Waals surface area contributed by atoms with Gasteiger partial charge in [-0.05, 0) is 43.2 Å². The number of ether oxygens (including phenoxy) is 1. The van der Waals surface area contributed by atoms with Crippen molar-refractivity contribution >= 4 is 23.8 Å². The first-order chi connectivity index (χ1) is 16.1. The molecule has 0 radical (unpaired) electrons. The average molecular weight is 472 g/mol. The molecule has 0 spiro atoms. The molecule has 0 aliphatic rings. The second-order valence-electron chi connectivity index (χ2n) is 7.16. The second-order valence-corrected chi connectivity index (χ2v) is 7.16. The van der Waals surface area contributed by atoms with Gasteiger partial charge >= 0.3 is 17.8 Å². The fourth-order valence-electron chi connectivity index (χ4n) is 3.08. The SMILES string of the molecule is Cc1cc(=O)oc(C)c1C(=O)OCC(=O)N(/N=C/c1ccccc1)c1cccc(C(F)(F)F)c1. The standard InChI is InChI=1S/C24H19F3N2O5/c1-15-11-21(31)34-16(2)22(15)23(32)33-14-20(30)29(28-13-17-7-4-3-5-8-17)19-10-6-9-18(12-19)24(25,26)27/h3-13H,14H2,1-2H3/b28-13+. The molecule has 0 bridgehead atoms. The summed E-state index contributed by atoms with van der Waals surface area (Å²) in [5, 5.41) is 4.75. The van der Waals surface area contributed by atoms with Gasteiger partial charge in [0.15, 0.2) is 6.61 Å². The Bertz CT molecular complexity index is 1260. The predicted octanol–water partition coefficient (Wildman–Crippen LogP) is 4.50. The van der Waals surface area contributed by atoms with Gasteiger partial charge in [-0.1, -0.05) is 36.4 Å². The lowest BCUT2D eigenvalue weighted by atomic mass is 10.1. The van der Waals surface area contributed by atoms with Gasteiger partial charge in [-0.3, -0.25) is 4.79 Å². The summed E-state index contributed by atoms with van der Waals surface area (Å²) in [6.07, 6.45) is -3.34. The fraction of sp³-hybridized carbons (Fsp3) is 0.167. The number of carbonyl (C=O) groups is 2. The van der Waals surface area contributed by atoms with Crippen LogP contribution in [0.4, 0.5) is 18.9 Å². The number of nitrogens with zero attached hydrogens (tertiary/aromatic N) is 2. The number of anilines is 1. The average Bonchev–Trinajstić information content (AvgIpc) is 2.77. The van der Waals surface area contributed by atoms with E-state index in [4.69, 9.17) is 9.15 Å². The maximum atomic E-state index is 13.2. The number of hydrogen-bond acceptors (Lipinski definition) is 6. The van der Waals surface area contributed by atoms with Crippen molar-refractivity contribution in [2.45, 2.75) is 20.0 Å². The van der Waals surface area contributed by atoms with Crippen LogP contribution < -0.4 is 10.6 Å². The van der Waals surface area contributed by atoms with Gasteiger partial charge in [0.05, 0.1) is 17.5 Å². The summed E-state index contributed by atoms with van der Waals surface area (Å²) in [6.45, 7) is 2.08. The molecule has 0 N–H and O–H groups in total. The van der Waals surface area contributed by atoms with Crippen LogP contribution in [0.1, 0.15) is 32.8 Å². The van der Waals surface area contributed by atoms with Crippen molar-refractivity contribution in [2.24, 2.45) is 5.10 Å². The lowest BCUT2D eigenvalue weighted by Crippen LogP contribution is -2.31. The molecule has 176 valence electrons. The number of aryl methyl sites for hydroxylation is 2. The summed E-state index contributed by atoms with van der Waals surface area (Å²) in [6, 6.07) is 13.7. The zero-order chi connectivity index (χ0) is 24.9. The predicted molar refractivity (Wildman–Crippen MR) is 118 cm³/mol. The molecule has 0 aliphatic heterocycles. The number of amides is 1. The maximum Gasteiger partial charge on any atom is 0.416 e. The smallest absolute Gasteiger partial charge is 0.416 e. The van der Waals surface area contributed by atoms with Crippen LogP contribution in [0.25, 0.3) is 0 Å². The molecule has 3 aromatic rings. The number of carbonyl (C=O) groups excluding carboxylic acids is 2. The third-order valence-corrected chi connectivity index (χ3v) is 4.64. The van der Waals surface area contributed by atoms with Crippen molar-refractivity contribution in [3.05, 3.63) is 99.1 Å². The van der Waals surface area contributed by atoms with Crippen LogP contribution in [-0.4, -0.2) is 24.7 Å². The third kappa shape index (κ3) is 5.97. The minimum atomic E-state index is -4.63. The molecule has 7 nitrogen and oxygen atoms in total. The zero-order valence-corrected chi connectivity index (χ0v) is 18.1. The van der Waals surface area contributed by atoms with E-state index in [-0.39, 0.29) is 17.0 Å². The van der Waals surface area contributed by atoms with Crippen LogP contribution in [0.15, 0.2) is 75.0 Å². The Hall–Kier alpha value is -4.21. The molecule has 0 atom stereocenters. The van der Waals surface area contributed by atoms with E-state index in [1.54, 1.807) is 30.3 Å². The zero-order valence-electron chi connectivity index (χ0n) is 18.1. The van der Waals surface area contributed by atoms with E-state index in [1.165, 1.54) is 26.1 Å². The first-order valence-corrected chi connectivity index (χ1v) is 9.94. The largest absolute Gasteiger partial charge is 0.452 e. The minimum Gasteiger partial charge on any atom is -0.452 e. The first-order valence-electron chi connectivity index (χ1n) is 9.94. The van der Waals surface area contributed by atoms with Crippen LogP contribution >= 0.6 is 0 Å². The Balaban J connectivity index is 1.87. The number of alkyl halides is 3. The molecule has 0 unspecified atom stereocenters. The monoisotopic (exact) mass is 472 g/mol. The van der Waals surface area contributed by atoms with Gasteiger partial charge in [-0.25, -0.2) is 9.59 Å². The number of halogens is 3. The molecule has 34 heavy (non-hydrogen) atoms. The lowest BCUT2D eigenvalue weighted by molar-refractivity contribution is -0.137. The molecule has 1 aromatic heterocycles. The maximum absolute atomic E-state index is 13.2. The van der Waals surface area contributed by atoms with E-state index in [0.29, 0.717) is 11.1 Å². The molecular formula is C24H19F3N2O5. The molecule has 0 aliphatic carbocycles. The van der Waals surface area contributed by atoms with Gasteiger partial charge < -0.3 is 9.15 Å². The Labute approximate surface area is 192 Å². The summed E-state index contributed by atoms with van der Waals surface area (Å²) in [7, 11) is 0. The van der Waals surface area contributed by atoms with Gasteiger partial charge in [0, 0.05) is 6.07 Å². The van der Waals surface area contributed by atoms with Crippen molar-refractivity contribution in [3.8, 4) is 0 Å². The third-order valence-electron chi connectivity index (χ3n) is 4.64. The molecule has 0 fully saturated rings. The van der Waals surface area contributed by atoms with Crippen LogP contribution in [0.3, 0.4) is 0 Å². The molecular weight excluding hydrogens is 453 g/mol. The Morgan fingerprint density at radius 2 is 1.76 bits per heavy atom. The minimum absolute atomic E-state index is 0.0132. The number of hydrazone groups is 1.